The third-order valence-electron chi connectivity index (χ3n) is 5.20. The molecule has 1 atom stereocenters. The maximum Gasteiger partial charge on any atom is 0.168 e. The van der Waals surface area contributed by atoms with Crippen molar-refractivity contribution in [1.29, 1.82) is 0 Å². The predicted octanol–water partition coefficient (Wildman–Crippen LogP) is 5.22. The second-order valence-corrected chi connectivity index (χ2v) is 7.65. The van der Waals surface area contributed by atoms with Crippen LogP contribution in [-0.4, -0.2) is 43.1 Å². The van der Waals surface area contributed by atoms with Crippen molar-refractivity contribution in [3.63, 3.8) is 0 Å². The quantitative estimate of drug-likeness (QED) is 0.452. The molecule has 0 N–H and O–H groups in total. The molecule has 0 radical (unpaired) electrons. The Balaban J connectivity index is 1.68. The van der Waals surface area contributed by atoms with Gasteiger partial charge in [-0.05, 0) is 74.8 Å². The van der Waals surface area contributed by atoms with Gasteiger partial charge in [-0.15, -0.1) is 0 Å². The zero-order valence-corrected chi connectivity index (χ0v) is 17.3. The first-order valence-electron chi connectivity index (χ1n) is 9.73. The SMILES string of the molecule is COc1ccc([C@@H](CN=C(C)CC(=O)c2ccc(Cl)cc2)N2CCCC2)cc1. The number of likely N-dealkylation sites (tertiary alicyclic amines) is 1. The molecular formula is C23H27ClN2O2. The Morgan fingerprint density at radius 2 is 1.75 bits per heavy atom. The van der Waals surface area contributed by atoms with Crippen LogP contribution in [0, 0.1) is 0 Å². The fourth-order valence-corrected chi connectivity index (χ4v) is 3.71. The highest BCUT2D eigenvalue weighted by atomic mass is 35.5. The van der Waals surface area contributed by atoms with Gasteiger partial charge in [0.15, 0.2) is 5.78 Å². The molecule has 0 aromatic heterocycles. The number of hydrogen-bond donors (Lipinski definition) is 0. The van der Waals surface area contributed by atoms with Gasteiger partial charge < -0.3 is 4.74 Å². The second kappa shape index (κ2) is 9.85. The summed E-state index contributed by atoms with van der Waals surface area (Å²) in [5.41, 5.74) is 2.77. The standard InChI is InChI=1S/C23H27ClN2O2/c1-17(15-23(27)19-5-9-20(24)10-6-19)25-16-22(26-13-3-4-14-26)18-7-11-21(28-2)12-8-18/h5-12,22H,3-4,13-16H2,1-2H3/t22-/m1/s1. The number of aliphatic imine (C=N–C) groups is 1. The van der Waals surface area contributed by atoms with Gasteiger partial charge in [0.1, 0.15) is 5.75 Å². The number of ether oxygens (including phenoxy) is 1. The Kier molecular flexibility index (Phi) is 7.24. The third-order valence-corrected chi connectivity index (χ3v) is 5.45. The number of methoxy groups -OCH3 is 1. The van der Waals surface area contributed by atoms with E-state index in [0.29, 0.717) is 23.6 Å². The highest BCUT2D eigenvalue weighted by Gasteiger charge is 2.23. The summed E-state index contributed by atoms with van der Waals surface area (Å²) in [6.45, 7) is 4.78. The lowest BCUT2D eigenvalue weighted by Crippen LogP contribution is -2.28. The molecule has 1 fully saturated rings. The molecule has 0 spiro atoms. The summed E-state index contributed by atoms with van der Waals surface area (Å²) in [4.78, 5) is 19.7. The molecule has 1 aliphatic rings. The van der Waals surface area contributed by atoms with Gasteiger partial charge in [-0.2, -0.15) is 0 Å². The Hall–Kier alpha value is -2.17. The minimum atomic E-state index is 0.0695. The van der Waals surface area contributed by atoms with Gasteiger partial charge in [0, 0.05) is 22.7 Å². The predicted molar refractivity (Wildman–Crippen MR) is 115 cm³/mol. The van der Waals surface area contributed by atoms with Crippen molar-refractivity contribution in [2.24, 2.45) is 4.99 Å². The van der Waals surface area contributed by atoms with Crippen LogP contribution >= 0.6 is 11.6 Å². The fourth-order valence-electron chi connectivity index (χ4n) is 3.58. The minimum absolute atomic E-state index is 0.0695. The monoisotopic (exact) mass is 398 g/mol. The van der Waals surface area contributed by atoms with Crippen molar-refractivity contribution in [3.8, 4) is 5.75 Å². The summed E-state index contributed by atoms with van der Waals surface area (Å²) >= 11 is 5.90. The van der Waals surface area contributed by atoms with Crippen LogP contribution in [0.1, 0.15) is 48.1 Å². The molecule has 1 aliphatic heterocycles. The number of rotatable bonds is 8. The molecule has 0 bridgehead atoms. The van der Waals surface area contributed by atoms with E-state index in [2.05, 4.69) is 17.0 Å². The first kappa shape index (κ1) is 20.6. The van der Waals surface area contributed by atoms with Gasteiger partial charge in [-0.1, -0.05) is 23.7 Å². The molecule has 1 heterocycles. The van der Waals surface area contributed by atoms with Crippen LogP contribution in [0.25, 0.3) is 0 Å². The summed E-state index contributed by atoms with van der Waals surface area (Å²) < 4.78 is 5.28. The summed E-state index contributed by atoms with van der Waals surface area (Å²) in [7, 11) is 1.68. The van der Waals surface area contributed by atoms with Crippen LogP contribution < -0.4 is 4.74 Å². The molecule has 148 valence electrons. The van der Waals surface area contributed by atoms with Crippen molar-refractivity contribution in [1.82, 2.24) is 4.90 Å². The van der Waals surface area contributed by atoms with Gasteiger partial charge in [0.25, 0.3) is 0 Å². The average molecular weight is 399 g/mol. The van der Waals surface area contributed by atoms with E-state index in [1.165, 1.54) is 18.4 Å². The maximum absolute atomic E-state index is 12.5. The highest BCUT2D eigenvalue weighted by Crippen LogP contribution is 2.27. The van der Waals surface area contributed by atoms with E-state index < -0.39 is 0 Å². The van der Waals surface area contributed by atoms with Gasteiger partial charge in [-0.3, -0.25) is 14.7 Å². The Morgan fingerprint density at radius 1 is 1.11 bits per heavy atom. The molecule has 0 unspecified atom stereocenters. The molecule has 1 saturated heterocycles. The summed E-state index contributed by atoms with van der Waals surface area (Å²) in [6, 6.07) is 15.5. The molecule has 0 saturated carbocycles. The van der Waals surface area contributed by atoms with E-state index in [9.17, 15) is 4.79 Å². The third kappa shape index (κ3) is 5.43. The Morgan fingerprint density at radius 3 is 2.36 bits per heavy atom. The lowest BCUT2D eigenvalue weighted by atomic mass is 10.0. The maximum atomic E-state index is 12.5. The van der Waals surface area contributed by atoms with E-state index in [4.69, 9.17) is 21.3 Å². The van der Waals surface area contributed by atoms with Crippen LogP contribution in [0.3, 0.4) is 0 Å². The van der Waals surface area contributed by atoms with Gasteiger partial charge in [0.05, 0.1) is 19.7 Å². The number of nitrogens with zero attached hydrogens (tertiary/aromatic N) is 2. The van der Waals surface area contributed by atoms with Gasteiger partial charge >= 0.3 is 0 Å². The lowest BCUT2D eigenvalue weighted by Gasteiger charge is -2.27. The van der Waals surface area contributed by atoms with Crippen molar-refractivity contribution in [3.05, 3.63) is 64.7 Å². The summed E-state index contributed by atoms with van der Waals surface area (Å²) in [5, 5.41) is 0.634. The molecule has 4 nitrogen and oxygen atoms in total. The number of benzene rings is 2. The van der Waals surface area contributed by atoms with E-state index in [1.807, 2.05) is 19.1 Å². The first-order chi connectivity index (χ1) is 13.6. The molecule has 0 amide bonds. The van der Waals surface area contributed by atoms with Crippen molar-refractivity contribution < 1.29 is 9.53 Å². The van der Waals surface area contributed by atoms with Gasteiger partial charge in [0.2, 0.25) is 0 Å². The summed E-state index contributed by atoms with van der Waals surface area (Å²) in [5.74, 6) is 0.928. The minimum Gasteiger partial charge on any atom is -0.497 e. The molecule has 2 aromatic rings. The van der Waals surface area contributed by atoms with Crippen molar-refractivity contribution in [2.75, 3.05) is 26.7 Å². The largest absolute Gasteiger partial charge is 0.497 e. The van der Waals surface area contributed by atoms with Crippen molar-refractivity contribution >= 4 is 23.1 Å². The Labute approximate surface area is 172 Å². The average Bonchev–Trinajstić information content (AvgIpc) is 3.23. The highest BCUT2D eigenvalue weighted by molar-refractivity contribution is 6.30. The number of carbonyl (C=O) groups is 1. The van der Waals surface area contributed by atoms with Gasteiger partial charge in [-0.25, -0.2) is 0 Å². The second-order valence-electron chi connectivity index (χ2n) is 7.21. The number of hydrogen-bond acceptors (Lipinski definition) is 4. The smallest absolute Gasteiger partial charge is 0.168 e. The number of halogens is 1. The molecule has 28 heavy (non-hydrogen) atoms. The van der Waals surface area contributed by atoms with E-state index >= 15 is 0 Å². The molecule has 5 heteroatoms. The fraction of sp³-hybridized carbons (Fsp3) is 0.391. The lowest BCUT2D eigenvalue weighted by molar-refractivity contribution is 0.100. The number of ketones is 1. The normalized spacial score (nSPS) is 16.2. The Bertz CT molecular complexity index is 810. The zero-order chi connectivity index (χ0) is 19.9. The molecule has 0 aliphatic carbocycles. The van der Waals surface area contributed by atoms with Crippen LogP contribution in [-0.2, 0) is 0 Å². The van der Waals surface area contributed by atoms with Crippen molar-refractivity contribution in [2.45, 2.75) is 32.2 Å². The van der Waals surface area contributed by atoms with Crippen LogP contribution in [0.15, 0.2) is 53.5 Å². The molecule has 2 aromatic carbocycles. The van der Waals surface area contributed by atoms with E-state index in [-0.39, 0.29) is 11.8 Å². The number of Topliss-reactive ketones (excluding diaryl/α,β-unsaturated/α-hetero) is 1. The van der Waals surface area contributed by atoms with E-state index in [0.717, 1.165) is 24.6 Å². The molecule has 3 rings (SSSR count). The summed E-state index contributed by atoms with van der Waals surface area (Å²) in [6.07, 6.45) is 2.78. The van der Waals surface area contributed by atoms with Crippen LogP contribution in [0.2, 0.25) is 5.02 Å². The topological polar surface area (TPSA) is 41.9 Å². The van der Waals surface area contributed by atoms with Crippen LogP contribution in [0.5, 0.6) is 5.75 Å². The number of carbonyl (C=O) groups excluding carboxylic acids is 1. The van der Waals surface area contributed by atoms with Crippen LogP contribution in [0.4, 0.5) is 0 Å². The first-order valence-corrected chi connectivity index (χ1v) is 10.1. The zero-order valence-electron chi connectivity index (χ0n) is 16.5. The molecular weight excluding hydrogens is 372 g/mol. The van der Waals surface area contributed by atoms with E-state index in [1.54, 1.807) is 31.4 Å².